The lowest BCUT2D eigenvalue weighted by Crippen LogP contribution is -2.49. The molecule has 0 unspecified atom stereocenters. The zero-order chi connectivity index (χ0) is 24.5. The van der Waals surface area contributed by atoms with E-state index >= 15 is 0 Å². The van der Waals surface area contributed by atoms with Crippen molar-refractivity contribution in [1.29, 1.82) is 0 Å². The predicted molar refractivity (Wildman–Crippen MR) is 133 cm³/mol. The second-order valence-corrected chi connectivity index (χ2v) is 8.96. The first-order chi connectivity index (χ1) is 17.0. The van der Waals surface area contributed by atoms with Gasteiger partial charge in [0.1, 0.15) is 5.82 Å². The number of methoxy groups -OCH3 is 1. The summed E-state index contributed by atoms with van der Waals surface area (Å²) < 4.78 is 5.02. The Balaban J connectivity index is 1.27. The van der Waals surface area contributed by atoms with Gasteiger partial charge in [-0.3, -0.25) is 19.3 Å². The van der Waals surface area contributed by atoms with Gasteiger partial charge in [-0.2, -0.15) is 0 Å². The van der Waals surface area contributed by atoms with Crippen molar-refractivity contribution in [1.82, 2.24) is 14.8 Å². The second-order valence-electron chi connectivity index (χ2n) is 8.96. The molecule has 3 amide bonds. The molecule has 3 heterocycles. The molecule has 2 aliphatic heterocycles. The number of fused-ring (bicyclic) bond motifs is 2. The van der Waals surface area contributed by atoms with Crippen LogP contribution in [0.4, 0.5) is 5.82 Å². The number of para-hydroxylation sites is 1. The Labute approximate surface area is 204 Å². The van der Waals surface area contributed by atoms with Crippen molar-refractivity contribution < 1.29 is 19.1 Å². The van der Waals surface area contributed by atoms with Crippen LogP contribution < -0.4 is 4.90 Å². The maximum atomic E-state index is 13.2. The molecule has 1 saturated heterocycles. The minimum absolute atomic E-state index is 0.131. The zero-order valence-electron chi connectivity index (χ0n) is 20.0. The molecule has 0 atom stereocenters. The summed E-state index contributed by atoms with van der Waals surface area (Å²) in [6.45, 7) is 5.31. The number of carbonyl (C=O) groups excluding carboxylic acids is 3. The molecule has 8 nitrogen and oxygen atoms in total. The van der Waals surface area contributed by atoms with Gasteiger partial charge >= 0.3 is 0 Å². The second kappa shape index (κ2) is 9.46. The van der Waals surface area contributed by atoms with Gasteiger partial charge in [-0.25, -0.2) is 4.98 Å². The number of benzene rings is 2. The van der Waals surface area contributed by atoms with E-state index in [1.165, 1.54) is 10.5 Å². The van der Waals surface area contributed by atoms with Gasteiger partial charge in [0.25, 0.3) is 17.7 Å². The van der Waals surface area contributed by atoms with Gasteiger partial charge in [-0.1, -0.05) is 18.2 Å². The molecule has 2 aromatic carbocycles. The molecule has 2 aliphatic rings. The lowest BCUT2D eigenvalue weighted by molar-refractivity contribution is 0.0638. The van der Waals surface area contributed by atoms with Crippen molar-refractivity contribution in [2.75, 3.05) is 51.3 Å². The highest BCUT2D eigenvalue weighted by molar-refractivity contribution is 6.22. The predicted octanol–water partition coefficient (Wildman–Crippen LogP) is 3.14. The average molecular weight is 473 g/mol. The highest BCUT2D eigenvalue weighted by Crippen LogP contribution is 2.26. The summed E-state index contributed by atoms with van der Waals surface area (Å²) in [6, 6.07) is 15.0. The molecule has 0 radical (unpaired) electrons. The number of anilines is 1. The van der Waals surface area contributed by atoms with E-state index < -0.39 is 0 Å². The molecule has 0 saturated carbocycles. The van der Waals surface area contributed by atoms with Crippen molar-refractivity contribution >= 4 is 34.4 Å². The molecule has 180 valence electrons. The van der Waals surface area contributed by atoms with Crippen LogP contribution in [0.2, 0.25) is 0 Å². The molecule has 35 heavy (non-hydrogen) atoms. The molecular weight excluding hydrogens is 444 g/mol. The van der Waals surface area contributed by atoms with Crippen molar-refractivity contribution in [2.45, 2.75) is 13.3 Å². The van der Waals surface area contributed by atoms with Gasteiger partial charge in [0, 0.05) is 57.4 Å². The van der Waals surface area contributed by atoms with Crippen LogP contribution in [-0.2, 0) is 4.74 Å². The van der Waals surface area contributed by atoms with E-state index in [1.54, 1.807) is 30.2 Å². The number of rotatable bonds is 6. The van der Waals surface area contributed by atoms with Crippen LogP contribution >= 0.6 is 0 Å². The largest absolute Gasteiger partial charge is 0.385 e. The minimum Gasteiger partial charge on any atom is -0.385 e. The van der Waals surface area contributed by atoms with Crippen molar-refractivity contribution in [3.63, 3.8) is 0 Å². The lowest BCUT2D eigenvalue weighted by atomic mass is 10.0. The molecule has 0 aliphatic carbocycles. The number of aromatic nitrogens is 1. The van der Waals surface area contributed by atoms with E-state index in [2.05, 4.69) is 24.0 Å². The molecule has 1 fully saturated rings. The van der Waals surface area contributed by atoms with E-state index in [9.17, 15) is 14.4 Å². The lowest BCUT2D eigenvalue weighted by Gasteiger charge is -2.35. The van der Waals surface area contributed by atoms with Crippen LogP contribution in [0.5, 0.6) is 0 Å². The summed E-state index contributed by atoms with van der Waals surface area (Å²) in [6.07, 6.45) is 0.573. The molecular formula is C27H28N4O4. The summed E-state index contributed by atoms with van der Waals surface area (Å²) in [5.41, 5.74) is 3.23. The first-order valence-corrected chi connectivity index (χ1v) is 11.9. The van der Waals surface area contributed by atoms with Crippen molar-refractivity contribution in [3.05, 3.63) is 70.8 Å². The SMILES string of the molecule is COCCCN1C(=O)c2ccc(C(=O)N3CCN(c4cc(C)c5ccccc5n4)CC3)cc2C1=O. The van der Waals surface area contributed by atoms with Crippen LogP contribution in [-0.4, -0.2) is 78.9 Å². The third-order valence-corrected chi connectivity index (χ3v) is 6.75. The van der Waals surface area contributed by atoms with Crippen LogP contribution in [0.1, 0.15) is 43.1 Å². The number of imide groups is 1. The van der Waals surface area contributed by atoms with E-state index in [0.717, 1.165) is 16.7 Å². The minimum atomic E-state index is -0.349. The van der Waals surface area contributed by atoms with E-state index in [1.807, 2.05) is 18.2 Å². The average Bonchev–Trinajstić information content (AvgIpc) is 3.12. The highest BCUT2D eigenvalue weighted by Gasteiger charge is 2.36. The molecule has 1 aromatic heterocycles. The van der Waals surface area contributed by atoms with E-state index in [0.29, 0.717) is 62.4 Å². The number of nitrogens with zero attached hydrogens (tertiary/aromatic N) is 4. The number of amides is 3. The van der Waals surface area contributed by atoms with E-state index in [-0.39, 0.29) is 17.7 Å². The van der Waals surface area contributed by atoms with Gasteiger partial charge in [0.05, 0.1) is 16.6 Å². The summed E-state index contributed by atoms with van der Waals surface area (Å²) in [5.74, 6) is 0.127. The first kappa shape index (κ1) is 23.0. The number of pyridine rings is 1. The summed E-state index contributed by atoms with van der Waals surface area (Å²) in [5, 5.41) is 1.15. The van der Waals surface area contributed by atoms with Crippen molar-refractivity contribution in [2.24, 2.45) is 0 Å². The van der Waals surface area contributed by atoms with Gasteiger partial charge in [-0.05, 0) is 49.2 Å². The number of hydrogen-bond donors (Lipinski definition) is 0. The topological polar surface area (TPSA) is 83.1 Å². The zero-order valence-corrected chi connectivity index (χ0v) is 20.0. The van der Waals surface area contributed by atoms with Crippen LogP contribution in [0.3, 0.4) is 0 Å². The molecule has 0 bridgehead atoms. The van der Waals surface area contributed by atoms with Gasteiger partial charge in [0.2, 0.25) is 0 Å². The van der Waals surface area contributed by atoms with Gasteiger partial charge < -0.3 is 14.5 Å². The quantitative estimate of drug-likeness (QED) is 0.405. The van der Waals surface area contributed by atoms with Gasteiger partial charge in [-0.15, -0.1) is 0 Å². The summed E-state index contributed by atoms with van der Waals surface area (Å²) >= 11 is 0. The smallest absolute Gasteiger partial charge is 0.261 e. The number of hydrogen-bond acceptors (Lipinski definition) is 6. The number of aryl methyl sites for hydroxylation is 1. The summed E-state index contributed by atoms with van der Waals surface area (Å²) in [4.78, 5) is 48.7. The number of carbonyl (C=O) groups is 3. The normalized spacial score (nSPS) is 15.8. The van der Waals surface area contributed by atoms with Crippen LogP contribution in [0.25, 0.3) is 10.9 Å². The Morgan fingerprint density at radius 2 is 1.71 bits per heavy atom. The summed E-state index contributed by atoms with van der Waals surface area (Å²) in [7, 11) is 1.58. The molecule has 5 rings (SSSR count). The Hall–Kier alpha value is -3.78. The van der Waals surface area contributed by atoms with E-state index in [4.69, 9.17) is 9.72 Å². The van der Waals surface area contributed by atoms with Crippen LogP contribution in [0.15, 0.2) is 48.5 Å². The first-order valence-electron chi connectivity index (χ1n) is 11.9. The monoisotopic (exact) mass is 472 g/mol. The van der Waals surface area contributed by atoms with Crippen LogP contribution in [0, 0.1) is 6.92 Å². The molecule has 0 N–H and O–H groups in total. The number of piperazine rings is 1. The van der Waals surface area contributed by atoms with Crippen molar-refractivity contribution in [3.8, 4) is 0 Å². The fourth-order valence-electron chi connectivity index (χ4n) is 4.81. The fraction of sp³-hybridized carbons (Fsp3) is 0.333. The standard InChI is InChI=1S/C27H28N4O4/c1-18-16-24(28-23-7-4-3-6-20(18)23)29-11-13-30(14-12-29)25(32)19-8-9-21-22(17-19)27(34)31(26(21)33)10-5-15-35-2/h3-4,6-9,16-17H,5,10-15H2,1-2H3. The molecule has 0 spiro atoms. The number of ether oxygens (including phenoxy) is 1. The maximum Gasteiger partial charge on any atom is 0.261 e. The van der Waals surface area contributed by atoms with Gasteiger partial charge in [0.15, 0.2) is 0 Å². The Kier molecular flexibility index (Phi) is 6.21. The maximum absolute atomic E-state index is 13.2. The highest BCUT2D eigenvalue weighted by atomic mass is 16.5. The Morgan fingerprint density at radius 3 is 2.49 bits per heavy atom. The third-order valence-electron chi connectivity index (χ3n) is 6.75. The molecule has 8 heteroatoms. The fourth-order valence-corrected chi connectivity index (χ4v) is 4.81. The Bertz CT molecular complexity index is 1310. The molecule has 3 aromatic rings. The Morgan fingerprint density at radius 1 is 0.971 bits per heavy atom. The third kappa shape index (κ3) is 4.25.